The van der Waals surface area contributed by atoms with Crippen molar-refractivity contribution in [1.82, 2.24) is 4.72 Å². The molecule has 1 atom stereocenters. The standard InChI is InChI=1S/C22H23NO2S/c1-16(19-11-10-17-6-2-4-8-20(17)14-19)23-26(24,25)22-13-12-18-7-3-5-9-21(18)15-22/h3,5,7,9-16,23H,2,4,6,8H2,1H3/t16-/m0/s1. The van der Waals surface area contributed by atoms with Gasteiger partial charge in [0.25, 0.3) is 0 Å². The van der Waals surface area contributed by atoms with Crippen molar-refractivity contribution in [3.05, 3.63) is 77.4 Å². The second kappa shape index (κ2) is 6.86. The van der Waals surface area contributed by atoms with Crippen LogP contribution in [0.1, 0.15) is 42.5 Å². The Balaban J connectivity index is 1.60. The Hall–Kier alpha value is -2.17. The van der Waals surface area contributed by atoms with Crippen LogP contribution in [0, 0.1) is 0 Å². The Morgan fingerprint density at radius 3 is 2.38 bits per heavy atom. The molecule has 4 heteroatoms. The van der Waals surface area contributed by atoms with Gasteiger partial charge in [-0.3, -0.25) is 0 Å². The molecule has 0 fully saturated rings. The van der Waals surface area contributed by atoms with Crippen LogP contribution in [0.4, 0.5) is 0 Å². The molecule has 0 spiro atoms. The topological polar surface area (TPSA) is 46.2 Å². The molecule has 0 aliphatic heterocycles. The number of nitrogens with one attached hydrogen (secondary N) is 1. The third-order valence-electron chi connectivity index (χ3n) is 5.24. The van der Waals surface area contributed by atoms with E-state index < -0.39 is 10.0 Å². The molecule has 3 aromatic rings. The van der Waals surface area contributed by atoms with E-state index in [2.05, 4.69) is 22.9 Å². The third-order valence-corrected chi connectivity index (χ3v) is 6.77. The number of fused-ring (bicyclic) bond motifs is 2. The zero-order valence-corrected chi connectivity index (χ0v) is 15.7. The quantitative estimate of drug-likeness (QED) is 0.725. The lowest BCUT2D eigenvalue weighted by atomic mass is 9.89. The summed E-state index contributed by atoms with van der Waals surface area (Å²) in [5.74, 6) is 0. The van der Waals surface area contributed by atoms with Crippen molar-refractivity contribution in [2.45, 2.75) is 43.5 Å². The Kier molecular flexibility index (Phi) is 4.55. The number of aryl methyl sites for hydroxylation is 2. The summed E-state index contributed by atoms with van der Waals surface area (Å²) in [7, 11) is -3.57. The molecular weight excluding hydrogens is 342 g/mol. The summed E-state index contributed by atoms with van der Waals surface area (Å²) in [6.07, 6.45) is 4.68. The normalized spacial score (nSPS) is 15.6. The largest absolute Gasteiger partial charge is 0.241 e. The molecule has 3 nitrogen and oxygen atoms in total. The predicted molar refractivity (Wildman–Crippen MR) is 106 cm³/mol. The lowest BCUT2D eigenvalue weighted by molar-refractivity contribution is 0.566. The van der Waals surface area contributed by atoms with Crippen molar-refractivity contribution < 1.29 is 8.42 Å². The number of benzene rings is 3. The minimum Gasteiger partial charge on any atom is -0.207 e. The summed E-state index contributed by atoms with van der Waals surface area (Å²) in [6, 6.07) is 19.2. The Morgan fingerprint density at radius 2 is 1.58 bits per heavy atom. The van der Waals surface area contributed by atoms with E-state index >= 15 is 0 Å². The van der Waals surface area contributed by atoms with E-state index in [9.17, 15) is 8.42 Å². The fourth-order valence-corrected chi connectivity index (χ4v) is 4.99. The van der Waals surface area contributed by atoms with Crippen molar-refractivity contribution in [1.29, 1.82) is 0 Å². The minimum absolute atomic E-state index is 0.265. The zero-order valence-electron chi connectivity index (χ0n) is 14.9. The van der Waals surface area contributed by atoms with Gasteiger partial charge in [-0.1, -0.05) is 48.5 Å². The van der Waals surface area contributed by atoms with Gasteiger partial charge in [0.1, 0.15) is 0 Å². The minimum atomic E-state index is -3.57. The highest BCUT2D eigenvalue weighted by molar-refractivity contribution is 7.89. The van der Waals surface area contributed by atoms with Crippen molar-refractivity contribution >= 4 is 20.8 Å². The molecule has 4 rings (SSSR count). The van der Waals surface area contributed by atoms with Crippen molar-refractivity contribution in [2.24, 2.45) is 0 Å². The summed E-state index contributed by atoms with van der Waals surface area (Å²) in [4.78, 5) is 0.306. The van der Waals surface area contributed by atoms with Gasteiger partial charge in [-0.2, -0.15) is 0 Å². The molecule has 1 N–H and O–H groups in total. The third kappa shape index (κ3) is 3.39. The molecule has 0 saturated heterocycles. The Labute approximate surface area is 155 Å². The molecule has 1 aliphatic carbocycles. The molecule has 0 radical (unpaired) electrons. The average Bonchev–Trinajstić information content (AvgIpc) is 2.67. The highest BCUT2D eigenvalue weighted by atomic mass is 32.2. The molecule has 26 heavy (non-hydrogen) atoms. The van der Waals surface area contributed by atoms with E-state index in [-0.39, 0.29) is 6.04 Å². The maximum Gasteiger partial charge on any atom is 0.241 e. The van der Waals surface area contributed by atoms with Gasteiger partial charge >= 0.3 is 0 Å². The maximum atomic E-state index is 12.8. The first-order chi connectivity index (χ1) is 12.5. The van der Waals surface area contributed by atoms with E-state index in [0.717, 1.165) is 29.2 Å². The van der Waals surface area contributed by atoms with Crippen LogP contribution < -0.4 is 4.72 Å². The molecule has 134 valence electrons. The zero-order chi connectivity index (χ0) is 18.1. The van der Waals surface area contributed by atoms with Gasteiger partial charge in [-0.05, 0) is 72.2 Å². The molecule has 0 saturated carbocycles. The number of hydrogen-bond donors (Lipinski definition) is 1. The van der Waals surface area contributed by atoms with Crippen LogP contribution in [-0.2, 0) is 22.9 Å². The van der Waals surface area contributed by atoms with Crippen LogP contribution in [0.25, 0.3) is 10.8 Å². The van der Waals surface area contributed by atoms with Crippen molar-refractivity contribution in [3.8, 4) is 0 Å². The molecule has 1 aliphatic rings. The number of hydrogen-bond acceptors (Lipinski definition) is 2. The second-order valence-corrected chi connectivity index (χ2v) is 8.80. The van der Waals surface area contributed by atoms with E-state index in [1.807, 2.05) is 37.3 Å². The molecular formula is C22H23NO2S. The SMILES string of the molecule is C[C@H](NS(=O)(=O)c1ccc2ccccc2c1)c1ccc2c(c1)CCCC2. The van der Waals surface area contributed by atoms with Crippen LogP contribution >= 0.6 is 0 Å². The van der Waals surface area contributed by atoms with E-state index in [4.69, 9.17) is 0 Å². The van der Waals surface area contributed by atoms with Gasteiger partial charge in [0.15, 0.2) is 0 Å². The fraction of sp³-hybridized carbons (Fsp3) is 0.273. The van der Waals surface area contributed by atoms with Gasteiger partial charge in [0.05, 0.1) is 4.90 Å². The Morgan fingerprint density at radius 1 is 0.846 bits per heavy atom. The summed E-state index contributed by atoms with van der Waals surface area (Å²) in [5, 5.41) is 1.96. The smallest absolute Gasteiger partial charge is 0.207 e. The fourth-order valence-electron chi connectivity index (χ4n) is 3.73. The molecule has 0 amide bonds. The summed E-state index contributed by atoms with van der Waals surface area (Å²) in [6.45, 7) is 1.91. The molecule has 0 heterocycles. The highest BCUT2D eigenvalue weighted by Gasteiger charge is 2.20. The summed E-state index contributed by atoms with van der Waals surface area (Å²) >= 11 is 0. The average molecular weight is 365 g/mol. The lowest BCUT2D eigenvalue weighted by Gasteiger charge is -2.20. The molecule has 3 aromatic carbocycles. The first-order valence-corrected chi connectivity index (χ1v) is 10.6. The summed E-state index contributed by atoms with van der Waals surface area (Å²) in [5.41, 5.74) is 3.80. The number of rotatable bonds is 4. The van der Waals surface area contributed by atoms with Gasteiger partial charge < -0.3 is 0 Å². The predicted octanol–water partition coefficient (Wildman–Crippen LogP) is 4.76. The van der Waals surface area contributed by atoms with E-state index in [1.165, 1.54) is 24.0 Å². The van der Waals surface area contributed by atoms with Gasteiger partial charge in [0, 0.05) is 6.04 Å². The molecule has 0 bridgehead atoms. The Bertz CT molecular complexity index is 1060. The van der Waals surface area contributed by atoms with Gasteiger partial charge in [-0.25, -0.2) is 13.1 Å². The highest BCUT2D eigenvalue weighted by Crippen LogP contribution is 2.26. The second-order valence-electron chi connectivity index (χ2n) is 7.09. The van der Waals surface area contributed by atoms with Gasteiger partial charge in [0.2, 0.25) is 10.0 Å². The molecule has 0 unspecified atom stereocenters. The van der Waals surface area contributed by atoms with Crippen LogP contribution in [0.3, 0.4) is 0 Å². The van der Waals surface area contributed by atoms with Crippen LogP contribution in [0.2, 0.25) is 0 Å². The first-order valence-electron chi connectivity index (χ1n) is 9.16. The van der Waals surface area contributed by atoms with E-state index in [0.29, 0.717) is 4.90 Å². The first kappa shape index (κ1) is 17.3. The monoisotopic (exact) mass is 365 g/mol. The van der Waals surface area contributed by atoms with E-state index in [1.54, 1.807) is 12.1 Å². The van der Waals surface area contributed by atoms with Crippen LogP contribution in [-0.4, -0.2) is 8.42 Å². The van der Waals surface area contributed by atoms with Crippen molar-refractivity contribution in [2.75, 3.05) is 0 Å². The summed E-state index contributed by atoms with van der Waals surface area (Å²) < 4.78 is 28.5. The lowest BCUT2D eigenvalue weighted by Crippen LogP contribution is -2.27. The number of sulfonamides is 1. The van der Waals surface area contributed by atoms with Crippen LogP contribution in [0.5, 0.6) is 0 Å². The maximum absolute atomic E-state index is 12.8. The van der Waals surface area contributed by atoms with Gasteiger partial charge in [-0.15, -0.1) is 0 Å². The van der Waals surface area contributed by atoms with Crippen LogP contribution in [0.15, 0.2) is 65.6 Å². The molecule has 0 aromatic heterocycles. The van der Waals surface area contributed by atoms with Crippen molar-refractivity contribution in [3.63, 3.8) is 0 Å².